The molecule has 1 fully saturated rings. The fourth-order valence-electron chi connectivity index (χ4n) is 4.17. The molecule has 8 nitrogen and oxygen atoms in total. The number of rotatable bonds is 9. The number of ether oxygens (including phenoxy) is 1. The number of piperidine rings is 1. The van der Waals surface area contributed by atoms with Gasteiger partial charge in [0.2, 0.25) is 0 Å². The van der Waals surface area contributed by atoms with Gasteiger partial charge in [-0.1, -0.05) is 18.2 Å². The average molecular weight is 494 g/mol. The Labute approximate surface area is 209 Å². The van der Waals surface area contributed by atoms with Gasteiger partial charge >= 0.3 is 6.09 Å². The first kappa shape index (κ1) is 24.7. The van der Waals surface area contributed by atoms with Gasteiger partial charge in [-0.05, 0) is 56.4 Å². The molecule has 0 saturated carbocycles. The molecule has 35 heavy (non-hydrogen) atoms. The van der Waals surface area contributed by atoms with Crippen LogP contribution < -0.4 is 15.5 Å². The Hall–Kier alpha value is -3.46. The summed E-state index contributed by atoms with van der Waals surface area (Å²) < 4.78 is 5.19. The Morgan fingerprint density at radius 1 is 1.14 bits per heavy atom. The summed E-state index contributed by atoms with van der Waals surface area (Å²) in [5.74, 6) is 1.44. The minimum absolute atomic E-state index is 0.0743. The van der Waals surface area contributed by atoms with E-state index in [-0.39, 0.29) is 12.5 Å². The van der Waals surface area contributed by atoms with Crippen molar-refractivity contribution >= 4 is 29.2 Å². The number of anilines is 1. The number of carbonyl (C=O) groups is 2. The van der Waals surface area contributed by atoms with Gasteiger partial charge in [-0.25, -0.2) is 14.8 Å². The summed E-state index contributed by atoms with van der Waals surface area (Å²) in [6.45, 7) is 5.17. The zero-order valence-corrected chi connectivity index (χ0v) is 20.7. The molecule has 0 atom stereocenters. The van der Waals surface area contributed by atoms with Crippen molar-refractivity contribution in [2.45, 2.75) is 32.8 Å². The Morgan fingerprint density at radius 3 is 2.74 bits per heavy atom. The molecule has 2 aromatic heterocycles. The van der Waals surface area contributed by atoms with E-state index in [1.54, 1.807) is 5.51 Å². The summed E-state index contributed by atoms with van der Waals surface area (Å²) in [6.07, 6.45) is 2.63. The third kappa shape index (κ3) is 7.02. The standard InChI is InChI=1S/C26H31N5O3S/c1-2-27-25(32)21-6-3-5-20(15-21)23-7-4-8-24(30-23)31-13-10-19(11-14-31)9-12-28-26(33)34-16-22-17-35-18-29-22/h3-8,15,17-19H,2,9-14,16H2,1H3,(H,27,32)(H,28,33). The van der Waals surface area contributed by atoms with Crippen LogP contribution in [0.4, 0.5) is 10.6 Å². The third-order valence-electron chi connectivity index (χ3n) is 6.09. The Morgan fingerprint density at radius 2 is 1.97 bits per heavy atom. The zero-order chi connectivity index (χ0) is 24.5. The van der Waals surface area contributed by atoms with E-state index < -0.39 is 6.09 Å². The average Bonchev–Trinajstić information content (AvgIpc) is 3.42. The van der Waals surface area contributed by atoms with Crippen LogP contribution in [0, 0.1) is 5.92 Å². The highest BCUT2D eigenvalue weighted by Crippen LogP contribution is 2.26. The molecule has 3 aromatic rings. The van der Waals surface area contributed by atoms with Crippen molar-refractivity contribution in [1.29, 1.82) is 0 Å². The van der Waals surface area contributed by atoms with Crippen molar-refractivity contribution in [3.63, 3.8) is 0 Å². The first-order chi connectivity index (χ1) is 17.1. The molecule has 1 saturated heterocycles. The molecule has 0 aliphatic carbocycles. The van der Waals surface area contributed by atoms with Crippen LogP contribution in [0.5, 0.6) is 0 Å². The smallest absolute Gasteiger partial charge is 0.407 e. The van der Waals surface area contributed by atoms with Gasteiger partial charge in [0.05, 0.1) is 16.9 Å². The molecule has 0 bridgehead atoms. The molecule has 0 unspecified atom stereocenters. The van der Waals surface area contributed by atoms with Crippen LogP contribution in [-0.4, -0.2) is 48.1 Å². The first-order valence-corrected chi connectivity index (χ1v) is 12.9. The number of amides is 2. The summed E-state index contributed by atoms with van der Waals surface area (Å²) in [5.41, 5.74) is 4.91. The predicted octanol–water partition coefficient (Wildman–Crippen LogP) is 4.49. The molecule has 1 aromatic carbocycles. The lowest BCUT2D eigenvalue weighted by Crippen LogP contribution is -2.35. The van der Waals surface area contributed by atoms with Gasteiger partial charge in [-0.3, -0.25) is 4.79 Å². The maximum Gasteiger partial charge on any atom is 0.407 e. The van der Waals surface area contributed by atoms with Crippen molar-refractivity contribution in [1.82, 2.24) is 20.6 Å². The van der Waals surface area contributed by atoms with Crippen LogP contribution in [-0.2, 0) is 11.3 Å². The van der Waals surface area contributed by atoms with Gasteiger partial charge in [0.25, 0.3) is 5.91 Å². The zero-order valence-electron chi connectivity index (χ0n) is 19.9. The summed E-state index contributed by atoms with van der Waals surface area (Å²) in [7, 11) is 0. The number of pyridine rings is 1. The van der Waals surface area contributed by atoms with E-state index >= 15 is 0 Å². The minimum atomic E-state index is -0.396. The number of nitrogens with zero attached hydrogens (tertiary/aromatic N) is 3. The Kier molecular flexibility index (Phi) is 8.67. The number of benzene rings is 1. The number of hydrogen-bond donors (Lipinski definition) is 2. The molecular formula is C26H31N5O3S. The molecule has 0 radical (unpaired) electrons. The SMILES string of the molecule is CCNC(=O)c1cccc(-c2cccc(N3CCC(CCNC(=O)OCc4cscn4)CC3)n2)c1. The largest absolute Gasteiger partial charge is 0.443 e. The quantitative estimate of drug-likeness (QED) is 0.456. The summed E-state index contributed by atoms with van der Waals surface area (Å²) in [4.78, 5) is 35.3. The van der Waals surface area contributed by atoms with Crippen LogP contribution in [0.2, 0.25) is 0 Å². The van der Waals surface area contributed by atoms with Crippen molar-refractivity contribution in [2.24, 2.45) is 5.92 Å². The third-order valence-corrected chi connectivity index (χ3v) is 6.72. The number of nitrogens with one attached hydrogen (secondary N) is 2. The highest BCUT2D eigenvalue weighted by molar-refractivity contribution is 7.07. The second-order valence-electron chi connectivity index (χ2n) is 8.52. The second kappa shape index (κ2) is 12.3. The topological polar surface area (TPSA) is 96.5 Å². The van der Waals surface area contributed by atoms with Crippen molar-refractivity contribution < 1.29 is 14.3 Å². The molecule has 9 heteroatoms. The number of hydrogen-bond acceptors (Lipinski definition) is 7. The molecule has 184 valence electrons. The minimum Gasteiger partial charge on any atom is -0.443 e. The highest BCUT2D eigenvalue weighted by atomic mass is 32.1. The van der Waals surface area contributed by atoms with Crippen LogP contribution in [0.15, 0.2) is 53.4 Å². The Balaban J connectivity index is 1.24. The van der Waals surface area contributed by atoms with E-state index in [2.05, 4.69) is 20.5 Å². The van der Waals surface area contributed by atoms with E-state index in [4.69, 9.17) is 9.72 Å². The predicted molar refractivity (Wildman–Crippen MR) is 138 cm³/mol. The number of alkyl carbamates (subject to hydrolysis) is 1. The maximum absolute atomic E-state index is 12.2. The number of thiazole rings is 1. The molecule has 2 amide bonds. The van der Waals surface area contributed by atoms with E-state index in [1.165, 1.54) is 11.3 Å². The van der Waals surface area contributed by atoms with Gasteiger partial charge in [0.15, 0.2) is 0 Å². The number of carbonyl (C=O) groups excluding carboxylic acids is 2. The molecule has 2 N–H and O–H groups in total. The lowest BCUT2D eigenvalue weighted by atomic mass is 9.93. The van der Waals surface area contributed by atoms with Gasteiger partial charge in [0.1, 0.15) is 12.4 Å². The molecule has 3 heterocycles. The van der Waals surface area contributed by atoms with Crippen LogP contribution in [0.1, 0.15) is 42.2 Å². The van der Waals surface area contributed by atoms with Crippen LogP contribution >= 0.6 is 11.3 Å². The lowest BCUT2D eigenvalue weighted by molar-refractivity contribution is 0.0955. The fraction of sp³-hybridized carbons (Fsp3) is 0.385. The normalized spacial score (nSPS) is 13.9. The van der Waals surface area contributed by atoms with Crippen LogP contribution in [0.25, 0.3) is 11.3 Å². The van der Waals surface area contributed by atoms with E-state index in [0.29, 0.717) is 24.6 Å². The molecule has 1 aliphatic heterocycles. The van der Waals surface area contributed by atoms with Crippen LogP contribution in [0.3, 0.4) is 0 Å². The van der Waals surface area contributed by atoms with Gasteiger partial charge < -0.3 is 20.3 Å². The van der Waals surface area contributed by atoms with Gasteiger partial charge in [-0.2, -0.15) is 0 Å². The fourth-order valence-corrected chi connectivity index (χ4v) is 4.71. The molecular weight excluding hydrogens is 462 g/mol. The van der Waals surface area contributed by atoms with Crippen molar-refractivity contribution in [3.8, 4) is 11.3 Å². The summed E-state index contributed by atoms with van der Waals surface area (Å²) >= 11 is 1.48. The molecule has 0 spiro atoms. The summed E-state index contributed by atoms with van der Waals surface area (Å²) in [5, 5.41) is 7.55. The Bertz CT molecular complexity index is 1110. The molecule has 1 aliphatic rings. The van der Waals surface area contributed by atoms with Crippen molar-refractivity contribution in [2.75, 3.05) is 31.1 Å². The second-order valence-corrected chi connectivity index (χ2v) is 9.24. The molecule has 4 rings (SSSR count). The summed E-state index contributed by atoms with van der Waals surface area (Å²) in [6, 6.07) is 13.6. The first-order valence-electron chi connectivity index (χ1n) is 12.0. The number of aromatic nitrogens is 2. The maximum atomic E-state index is 12.2. The highest BCUT2D eigenvalue weighted by Gasteiger charge is 2.20. The lowest BCUT2D eigenvalue weighted by Gasteiger charge is -2.33. The van der Waals surface area contributed by atoms with E-state index in [1.807, 2.05) is 54.8 Å². The van der Waals surface area contributed by atoms with E-state index in [9.17, 15) is 9.59 Å². The monoisotopic (exact) mass is 493 g/mol. The van der Waals surface area contributed by atoms with E-state index in [0.717, 1.165) is 55.1 Å². The van der Waals surface area contributed by atoms with Gasteiger partial charge in [-0.15, -0.1) is 11.3 Å². The van der Waals surface area contributed by atoms with Gasteiger partial charge in [0, 0.05) is 42.7 Å². The van der Waals surface area contributed by atoms with Crippen molar-refractivity contribution in [3.05, 3.63) is 64.6 Å².